The van der Waals surface area contributed by atoms with Crippen LogP contribution < -0.4 is 0 Å². The molecular weight excluding hydrogens is 256 g/mol. The Labute approximate surface area is 116 Å². The van der Waals surface area contributed by atoms with Crippen molar-refractivity contribution in [2.24, 2.45) is 0 Å². The van der Waals surface area contributed by atoms with E-state index in [0.717, 1.165) is 27.4 Å². The van der Waals surface area contributed by atoms with E-state index < -0.39 is 0 Å². The van der Waals surface area contributed by atoms with Crippen molar-refractivity contribution < 1.29 is 0 Å². The zero-order valence-electron chi connectivity index (χ0n) is 10.4. The van der Waals surface area contributed by atoms with Crippen molar-refractivity contribution in [3.05, 3.63) is 52.5 Å². The minimum absolute atomic E-state index is 0.733. The molecule has 1 aliphatic rings. The van der Waals surface area contributed by atoms with Crippen LogP contribution in [0.15, 0.2) is 36.4 Å². The smallest absolute Gasteiger partial charge is 0.138 e. The zero-order valence-corrected chi connectivity index (χ0v) is 11.2. The summed E-state index contributed by atoms with van der Waals surface area (Å²) in [5.41, 5.74) is 6.06. The van der Waals surface area contributed by atoms with E-state index in [2.05, 4.69) is 28.2 Å². The van der Waals surface area contributed by atoms with Gasteiger partial charge in [-0.15, -0.1) is 0 Å². The highest BCUT2D eigenvalue weighted by atomic mass is 35.5. The van der Waals surface area contributed by atoms with Crippen LogP contribution in [0.5, 0.6) is 0 Å². The molecule has 0 atom stereocenters. The first-order valence-electron chi connectivity index (χ1n) is 6.57. The molecule has 1 N–H and O–H groups in total. The number of hydrogen-bond acceptors (Lipinski definition) is 1. The largest absolute Gasteiger partial charge is 0.338 e. The maximum Gasteiger partial charge on any atom is 0.138 e. The SMILES string of the molecule is Clc1ccc2nc(-c3ccc4c(c3)CCC4)[nH]c2c1. The van der Waals surface area contributed by atoms with Crippen molar-refractivity contribution in [3.8, 4) is 11.4 Å². The Kier molecular flexibility index (Phi) is 2.39. The van der Waals surface area contributed by atoms with E-state index in [0.29, 0.717) is 0 Å². The molecule has 94 valence electrons. The fourth-order valence-corrected chi connectivity index (χ4v) is 3.01. The highest BCUT2D eigenvalue weighted by molar-refractivity contribution is 6.31. The van der Waals surface area contributed by atoms with Gasteiger partial charge in [-0.3, -0.25) is 0 Å². The van der Waals surface area contributed by atoms with Crippen molar-refractivity contribution in [2.75, 3.05) is 0 Å². The van der Waals surface area contributed by atoms with Crippen LogP contribution in [0.25, 0.3) is 22.4 Å². The molecule has 0 spiro atoms. The van der Waals surface area contributed by atoms with Crippen LogP contribution >= 0.6 is 11.6 Å². The Morgan fingerprint density at radius 2 is 1.89 bits per heavy atom. The molecule has 3 heteroatoms. The highest BCUT2D eigenvalue weighted by Gasteiger charge is 2.13. The van der Waals surface area contributed by atoms with Crippen LogP contribution in [0.2, 0.25) is 5.02 Å². The van der Waals surface area contributed by atoms with Crippen LogP contribution in [-0.4, -0.2) is 9.97 Å². The molecule has 1 heterocycles. The van der Waals surface area contributed by atoms with Crippen LogP contribution in [0, 0.1) is 0 Å². The van der Waals surface area contributed by atoms with Gasteiger partial charge >= 0.3 is 0 Å². The number of hydrogen-bond donors (Lipinski definition) is 1. The van der Waals surface area contributed by atoms with Gasteiger partial charge in [0.25, 0.3) is 0 Å². The Balaban J connectivity index is 1.85. The average Bonchev–Trinajstić information content (AvgIpc) is 3.02. The number of rotatable bonds is 1. The number of fused-ring (bicyclic) bond motifs is 2. The molecule has 0 radical (unpaired) electrons. The van der Waals surface area contributed by atoms with Crippen molar-refractivity contribution in [1.82, 2.24) is 9.97 Å². The summed E-state index contributed by atoms with van der Waals surface area (Å²) >= 11 is 6.00. The molecule has 0 bridgehead atoms. The summed E-state index contributed by atoms with van der Waals surface area (Å²) in [7, 11) is 0. The average molecular weight is 269 g/mol. The molecular formula is C16H13ClN2. The first kappa shape index (κ1) is 11.1. The third-order valence-corrected chi connectivity index (χ3v) is 4.05. The molecule has 19 heavy (non-hydrogen) atoms. The first-order valence-corrected chi connectivity index (χ1v) is 6.95. The van der Waals surface area contributed by atoms with E-state index in [-0.39, 0.29) is 0 Å². The lowest BCUT2D eigenvalue weighted by molar-refractivity contribution is 0.912. The maximum absolute atomic E-state index is 6.00. The number of imidazole rings is 1. The van der Waals surface area contributed by atoms with Crippen molar-refractivity contribution in [2.45, 2.75) is 19.3 Å². The van der Waals surface area contributed by atoms with Gasteiger partial charge < -0.3 is 4.98 Å². The summed E-state index contributed by atoms with van der Waals surface area (Å²) in [6, 6.07) is 12.4. The van der Waals surface area contributed by atoms with E-state index in [4.69, 9.17) is 11.6 Å². The molecule has 2 nitrogen and oxygen atoms in total. The standard InChI is InChI=1S/C16H13ClN2/c17-13-6-7-14-15(9-13)19-16(18-14)12-5-4-10-2-1-3-11(10)8-12/h4-9H,1-3H2,(H,18,19). The van der Waals surface area contributed by atoms with Gasteiger partial charge in [0, 0.05) is 10.6 Å². The second kappa shape index (κ2) is 4.10. The fourth-order valence-electron chi connectivity index (χ4n) is 2.84. The summed E-state index contributed by atoms with van der Waals surface area (Å²) in [6.07, 6.45) is 3.68. The number of benzene rings is 2. The maximum atomic E-state index is 6.00. The molecule has 0 amide bonds. The lowest BCUT2D eigenvalue weighted by Crippen LogP contribution is -1.85. The number of H-pyrrole nitrogens is 1. The predicted molar refractivity (Wildman–Crippen MR) is 78.6 cm³/mol. The third kappa shape index (κ3) is 1.83. The lowest BCUT2D eigenvalue weighted by atomic mass is 10.1. The van der Waals surface area contributed by atoms with Gasteiger partial charge in [-0.25, -0.2) is 4.98 Å². The summed E-state index contributed by atoms with van der Waals surface area (Å²) in [5.74, 6) is 0.923. The molecule has 0 fully saturated rings. The molecule has 0 saturated heterocycles. The molecule has 4 rings (SSSR count). The Bertz CT molecular complexity index is 774. The van der Waals surface area contributed by atoms with Gasteiger partial charge in [0.2, 0.25) is 0 Å². The normalized spacial score (nSPS) is 13.9. The van der Waals surface area contributed by atoms with E-state index in [9.17, 15) is 0 Å². The summed E-state index contributed by atoms with van der Waals surface area (Å²) < 4.78 is 0. The molecule has 2 aromatic carbocycles. The van der Waals surface area contributed by atoms with Crippen LogP contribution in [0.4, 0.5) is 0 Å². The van der Waals surface area contributed by atoms with Crippen LogP contribution in [0.1, 0.15) is 17.5 Å². The third-order valence-electron chi connectivity index (χ3n) is 3.82. The minimum Gasteiger partial charge on any atom is -0.338 e. The quantitative estimate of drug-likeness (QED) is 0.697. The van der Waals surface area contributed by atoms with Gasteiger partial charge in [0.15, 0.2) is 0 Å². The minimum atomic E-state index is 0.733. The van der Waals surface area contributed by atoms with Gasteiger partial charge in [-0.2, -0.15) is 0 Å². The number of aromatic nitrogens is 2. The number of nitrogens with zero attached hydrogens (tertiary/aromatic N) is 1. The Hall–Kier alpha value is -1.80. The van der Waals surface area contributed by atoms with E-state index >= 15 is 0 Å². The molecule has 1 aliphatic carbocycles. The number of halogens is 1. The van der Waals surface area contributed by atoms with Gasteiger partial charge in [0.1, 0.15) is 5.82 Å². The van der Waals surface area contributed by atoms with Gasteiger partial charge in [0.05, 0.1) is 11.0 Å². The van der Waals surface area contributed by atoms with Crippen LogP contribution in [-0.2, 0) is 12.8 Å². The number of aryl methyl sites for hydroxylation is 2. The lowest BCUT2D eigenvalue weighted by Gasteiger charge is -2.01. The van der Waals surface area contributed by atoms with Crippen molar-refractivity contribution in [3.63, 3.8) is 0 Å². The fraction of sp³-hybridized carbons (Fsp3) is 0.188. The molecule has 1 aromatic heterocycles. The summed E-state index contributed by atoms with van der Waals surface area (Å²) in [6.45, 7) is 0. The molecule has 0 aliphatic heterocycles. The van der Waals surface area contributed by atoms with Crippen molar-refractivity contribution >= 4 is 22.6 Å². The second-order valence-electron chi connectivity index (χ2n) is 5.08. The first-order chi connectivity index (χ1) is 9.29. The highest BCUT2D eigenvalue weighted by Crippen LogP contribution is 2.28. The van der Waals surface area contributed by atoms with Gasteiger partial charge in [-0.1, -0.05) is 23.7 Å². The molecule has 0 saturated carbocycles. The molecule has 0 unspecified atom stereocenters. The van der Waals surface area contributed by atoms with Crippen molar-refractivity contribution in [1.29, 1.82) is 0 Å². The summed E-state index contributed by atoms with van der Waals surface area (Å²) in [4.78, 5) is 7.98. The number of aromatic amines is 1. The second-order valence-corrected chi connectivity index (χ2v) is 5.52. The van der Waals surface area contributed by atoms with E-state index in [1.165, 1.54) is 30.4 Å². The predicted octanol–water partition coefficient (Wildman–Crippen LogP) is 4.37. The van der Waals surface area contributed by atoms with Crippen LogP contribution in [0.3, 0.4) is 0 Å². The Morgan fingerprint density at radius 3 is 2.84 bits per heavy atom. The topological polar surface area (TPSA) is 28.7 Å². The van der Waals surface area contributed by atoms with E-state index in [1.807, 2.05) is 18.2 Å². The number of nitrogens with one attached hydrogen (secondary N) is 1. The summed E-state index contributed by atoms with van der Waals surface area (Å²) in [5, 5.41) is 0.733. The molecule has 3 aromatic rings. The zero-order chi connectivity index (χ0) is 12.8. The van der Waals surface area contributed by atoms with E-state index in [1.54, 1.807) is 0 Å². The van der Waals surface area contributed by atoms with Gasteiger partial charge in [-0.05, 0) is 54.7 Å². The Morgan fingerprint density at radius 1 is 1.00 bits per heavy atom. The monoisotopic (exact) mass is 268 g/mol.